The third-order valence-electron chi connectivity index (χ3n) is 5.70. The molecular formula is C23H29N5O5. The van der Waals surface area contributed by atoms with Crippen molar-refractivity contribution in [3.63, 3.8) is 0 Å². The van der Waals surface area contributed by atoms with Crippen molar-refractivity contribution in [3.05, 3.63) is 52.7 Å². The van der Waals surface area contributed by atoms with Gasteiger partial charge in [-0.25, -0.2) is 14.5 Å². The topological polar surface area (TPSA) is 123 Å². The molecule has 33 heavy (non-hydrogen) atoms. The minimum absolute atomic E-state index is 0.0715. The highest BCUT2D eigenvalue weighted by Crippen LogP contribution is 2.25. The molecule has 1 aliphatic heterocycles. The van der Waals surface area contributed by atoms with Crippen molar-refractivity contribution in [3.8, 4) is 5.69 Å². The molecule has 2 N–H and O–H groups in total. The van der Waals surface area contributed by atoms with Crippen molar-refractivity contribution in [2.75, 3.05) is 13.1 Å². The van der Waals surface area contributed by atoms with E-state index in [0.29, 0.717) is 42.7 Å². The van der Waals surface area contributed by atoms with E-state index in [1.165, 1.54) is 17.1 Å². The Morgan fingerprint density at radius 3 is 2.64 bits per heavy atom. The number of ether oxygens (including phenoxy) is 1. The fourth-order valence-electron chi connectivity index (χ4n) is 3.94. The van der Waals surface area contributed by atoms with Crippen LogP contribution in [0.2, 0.25) is 0 Å². The molecule has 0 unspecified atom stereocenters. The Hall–Kier alpha value is -3.24. The van der Waals surface area contributed by atoms with Gasteiger partial charge in [0.25, 0.3) is 5.56 Å². The van der Waals surface area contributed by atoms with E-state index in [-0.39, 0.29) is 18.7 Å². The Balaban J connectivity index is 1.51. The summed E-state index contributed by atoms with van der Waals surface area (Å²) in [6, 6.07) is 7.19. The fraction of sp³-hybridized carbons (Fsp3) is 0.478. The molecule has 1 amide bonds. The quantitative estimate of drug-likeness (QED) is 0.615. The largest absolute Gasteiger partial charge is 0.444 e. The lowest BCUT2D eigenvalue weighted by molar-refractivity contribution is -0.0419. The summed E-state index contributed by atoms with van der Waals surface area (Å²) in [5.41, 5.74) is -0.198. The molecule has 3 heterocycles. The molecule has 176 valence electrons. The third kappa shape index (κ3) is 4.91. The summed E-state index contributed by atoms with van der Waals surface area (Å²) in [5.74, 6) is 0. The van der Waals surface area contributed by atoms with Gasteiger partial charge in [-0.05, 0) is 51.3 Å². The van der Waals surface area contributed by atoms with E-state index < -0.39 is 17.3 Å². The first-order chi connectivity index (χ1) is 15.6. The van der Waals surface area contributed by atoms with Gasteiger partial charge < -0.3 is 19.8 Å². The van der Waals surface area contributed by atoms with Crippen molar-refractivity contribution >= 4 is 17.1 Å². The number of nitrogens with zero attached hydrogens (tertiary/aromatic N) is 5. The van der Waals surface area contributed by atoms with Crippen LogP contribution in [0.5, 0.6) is 0 Å². The maximum absolute atomic E-state index is 13.1. The highest BCUT2D eigenvalue weighted by Gasteiger charge is 2.36. The number of aromatic nitrogens is 4. The lowest BCUT2D eigenvalue weighted by Crippen LogP contribution is -2.50. The summed E-state index contributed by atoms with van der Waals surface area (Å²) in [7, 11) is 0. The van der Waals surface area contributed by atoms with Crippen LogP contribution < -0.4 is 5.56 Å². The molecule has 0 spiro atoms. The molecule has 3 aromatic rings. The Morgan fingerprint density at radius 2 is 1.97 bits per heavy atom. The van der Waals surface area contributed by atoms with E-state index in [9.17, 15) is 19.8 Å². The molecule has 0 saturated carbocycles. The van der Waals surface area contributed by atoms with Crippen LogP contribution in [-0.4, -0.2) is 64.8 Å². The molecular weight excluding hydrogens is 426 g/mol. The molecule has 0 atom stereocenters. The van der Waals surface area contributed by atoms with Crippen molar-refractivity contribution < 1.29 is 19.7 Å². The van der Waals surface area contributed by atoms with E-state index in [2.05, 4.69) is 10.1 Å². The van der Waals surface area contributed by atoms with Gasteiger partial charge in [-0.2, -0.15) is 5.10 Å². The number of likely N-dealkylation sites (tertiary alicyclic amines) is 1. The monoisotopic (exact) mass is 455 g/mol. The number of amides is 1. The Morgan fingerprint density at radius 1 is 1.24 bits per heavy atom. The molecule has 0 radical (unpaired) electrons. The summed E-state index contributed by atoms with van der Waals surface area (Å²) < 4.78 is 8.34. The van der Waals surface area contributed by atoms with Gasteiger partial charge in [0.2, 0.25) is 0 Å². The predicted octanol–water partition coefficient (Wildman–Crippen LogP) is 1.84. The molecule has 0 bridgehead atoms. The standard InChI is InChI=1S/C23H29N5O5/c1-22(2,3)33-21(31)26-9-7-23(32,8-10-26)14-27-15-24-19-18(20(27)30)12-25-28(19)17-6-4-5-16(11-17)13-29/h4-6,11-12,15,29,32H,7-10,13-14H2,1-3H3. The van der Waals surface area contributed by atoms with Gasteiger partial charge in [0, 0.05) is 13.1 Å². The number of rotatable bonds is 4. The number of aliphatic hydroxyl groups is 2. The fourth-order valence-corrected chi connectivity index (χ4v) is 3.94. The molecule has 1 fully saturated rings. The number of carbonyl (C=O) groups is 1. The minimum atomic E-state index is -1.14. The smallest absolute Gasteiger partial charge is 0.410 e. The Bertz CT molecular complexity index is 1220. The van der Waals surface area contributed by atoms with Crippen molar-refractivity contribution in [1.29, 1.82) is 0 Å². The summed E-state index contributed by atoms with van der Waals surface area (Å²) in [6.07, 6.45) is 3.12. The summed E-state index contributed by atoms with van der Waals surface area (Å²) >= 11 is 0. The second kappa shape index (κ2) is 8.60. The van der Waals surface area contributed by atoms with Crippen LogP contribution in [0.15, 0.2) is 41.6 Å². The van der Waals surface area contributed by atoms with Crippen LogP contribution in [0, 0.1) is 0 Å². The zero-order valence-electron chi connectivity index (χ0n) is 19.1. The average molecular weight is 456 g/mol. The SMILES string of the molecule is CC(C)(C)OC(=O)N1CCC(O)(Cn2cnc3c(cnn3-c3cccc(CO)c3)c2=O)CC1. The Labute approximate surface area is 191 Å². The van der Waals surface area contributed by atoms with Crippen LogP contribution in [0.25, 0.3) is 16.7 Å². The van der Waals surface area contributed by atoms with Crippen LogP contribution in [0.1, 0.15) is 39.2 Å². The number of benzene rings is 1. The minimum Gasteiger partial charge on any atom is -0.444 e. The summed E-state index contributed by atoms with van der Waals surface area (Å²) in [4.78, 5) is 31.3. The lowest BCUT2D eigenvalue weighted by Gasteiger charge is -2.38. The second-order valence-electron chi connectivity index (χ2n) is 9.49. The lowest BCUT2D eigenvalue weighted by atomic mass is 9.91. The first kappa shape index (κ1) is 22.9. The molecule has 10 heteroatoms. The molecule has 0 aliphatic carbocycles. The number of piperidine rings is 1. The molecule has 1 aliphatic rings. The molecule has 4 rings (SSSR count). The van der Waals surface area contributed by atoms with Gasteiger partial charge in [-0.15, -0.1) is 0 Å². The van der Waals surface area contributed by atoms with E-state index in [1.807, 2.05) is 26.8 Å². The average Bonchev–Trinajstić information content (AvgIpc) is 3.20. The maximum atomic E-state index is 13.1. The van der Waals surface area contributed by atoms with Crippen molar-refractivity contribution in [2.24, 2.45) is 0 Å². The molecule has 1 aromatic carbocycles. The van der Waals surface area contributed by atoms with Gasteiger partial charge in [0.05, 0.1) is 30.6 Å². The van der Waals surface area contributed by atoms with Crippen LogP contribution in [0.3, 0.4) is 0 Å². The van der Waals surface area contributed by atoms with E-state index >= 15 is 0 Å². The molecule has 1 saturated heterocycles. The van der Waals surface area contributed by atoms with E-state index in [1.54, 1.807) is 27.8 Å². The summed E-state index contributed by atoms with van der Waals surface area (Å²) in [5, 5.41) is 25.1. The first-order valence-corrected chi connectivity index (χ1v) is 10.9. The van der Waals surface area contributed by atoms with Gasteiger partial charge >= 0.3 is 6.09 Å². The second-order valence-corrected chi connectivity index (χ2v) is 9.49. The Kier molecular flexibility index (Phi) is 5.98. The number of carbonyl (C=O) groups excluding carboxylic acids is 1. The van der Waals surface area contributed by atoms with Crippen molar-refractivity contribution in [1.82, 2.24) is 24.2 Å². The summed E-state index contributed by atoms with van der Waals surface area (Å²) in [6.45, 7) is 6.09. The third-order valence-corrected chi connectivity index (χ3v) is 5.70. The van der Waals surface area contributed by atoms with Crippen LogP contribution in [-0.2, 0) is 17.9 Å². The first-order valence-electron chi connectivity index (χ1n) is 10.9. The van der Waals surface area contributed by atoms with Crippen LogP contribution in [0.4, 0.5) is 4.79 Å². The number of fused-ring (bicyclic) bond motifs is 1. The zero-order chi connectivity index (χ0) is 23.8. The maximum Gasteiger partial charge on any atom is 0.410 e. The number of hydrogen-bond donors (Lipinski definition) is 2. The van der Waals surface area contributed by atoms with Gasteiger partial charge in [-0.1, -0.05) is 12.1 Å². The van der Waals surface area contributed by atoms with E-state index in [0.717, 1.165) is 5.56 Å². The van der Waals surface area contributed by atoms with Crippen molar-refractivity contribution in [2.45, 2.75) is 58.0 Å². The van der Waals surface area contributed by atoms with Gasteiger partial charge in [-0.3, -0.25) is 9.36 Å². The highest BCUT2D eigenvalue weighted by atomic mass is 16.6. The highest BCUT2D eigenvalue weighted by molar-refractivity contribution is 5.75. The number of aliphatic hydroxyl groups excluding tert-OH is 1. The van der Waals surface area contributed by atoms with Gasteiger partial charge in [0.1, 0.15) is 17.3 Å². The van der Waals surface area contributed by atoms with Crippen LogP contribution >= 0.6 is 0 Å². The normalized spacial score (nSPS) is 16.2. The van der Waals surface area contributed by atoms with E-state index in [4.69, 9.17) is 4.74 Å². The van der Waals surface area contributed by atoms with Gasteiger partial charge in [0.15, 0.2) is 5.65 Å². The molecule has 10 nitrogen and oxygen atoms in total. The predicted molar refractivity (Wildman–Crippen MR) is 121 cm³/mol. The zero-order valence-corrected chi connectivity index (χ0v) is 19.1. The number of hydrogen-bond acceptors (Lipinski definition) is 7. The molecule has 2 aromatic heterocycles.